The third kappa shape index (κ3) is 7.15. The Bertz CT molecular complexity index is 794. The Labute approximate surface area is 179 Å². The van der Waals surface area contributed by atoms with Gasteiger partial charge in [-0.2, -0.15) is 0 Å². The maximum atomic E-state index is 8.94. The molecule has 0 heterocycles. The molecular formula is C23H33N3O4. The molecule has 0 aliphatic carbocycles. The second kappa shape index (κ2) is 12.6. The lowest BCUT2D eigenvalue weighted by molar-refractivity contribution is 0.196. The van der Waals surface area contributed by atoms with Crippen LogP contribution in [0, 0.1) is 0 Å². The maximum Gasteiger partial charge on any atom is 0.194 e. The molecule has 0 fully saturated rings. The summed E-state index contributed by atoms with van der Waals surface area (Å²) in [6, 6.07) is 13.8. The van der Waals surface area contributed by atoms with E-state index in [-0.39, 0.29) is 13.2 Å². The van der Waals surface area contributed by atoms with Crippen molar-refractivity contribution in [3.8, 4) is 17.2 Å². The van der Waals surface area contributed by atoms with Gasteiger partial charge in [0.15, 0.2) is 17.5 Å². The van der Waals surface area contributed by atoms with E-state index >= 15 is 0 Å². The number of hydrogen-bond donors (Lipinski definition) is 2. The molecule has 2 aromatic rings. The Kier molecular flexibility index (Phi) is 9.80. The molecule has 0 aromatic heterocycles. The molecule has 7 nitrogen and oxygen atoms in total. The van der Waals surface area contributed by atoms with Crippen molar-refractivity contribution in [1.82, 2.24) is 10.2 Å². The second-order valence-corrected chi connectivity index (χ2v) is 6.66. The molecule has 2 N–H and O–H groups in total. The molecule has 2 rings (SSSR count). The second-order valence-electron chi connectivity index (χ2n) is 6.66. The van der Waals surface area contributed by atoms with Gasteiger partial charge in [-0.05, 0) is 49.2 Å². The predicted octanol–water partition coefficient (Wildman–Crippen LogP) is 3.06. The molecule has 7 heteroatoms. The Balaban J connectivity index is 2.07. The summed E-state index contributed by atoms with van der Waals surface area (Å²) in [4.78, 5) is 6.86. The van der Waals surface area contributed by atoms with Gasteiger partial charge in [0.25, 0.3) is 0 Å². The summed E-state index contributed by atoms with van der Waals surface area (Å²) in [5.41, 5.74) is 2.19. The van der Waals surface area contributed by atoms with Crippen LogP contribution in [0.1, 0.15) is 25.0 Å². The zero-order valence-corrected chi connectivity index (χ0v) is 18.4. The molecule has 0 aliphatic rings. The molecule has 2 aromatic carbocycles. The van der Waals surface area contributed by atoms with Crippen LogP contribution in [0.15, 0.2) is 47.5 Å². The summed E-state index contributed by atoms with van der Waals surface area (Å²) >= 11 is 0. The highest BCUT2D eigenvalue weighted by Crippen LogP contribution is 2.28. The van der Waals surface area contributed by atoms with Gasteiger partial charge < -0.3 is 29.5 Å². The number of aliphatic imine (C=N–C) groups is 1. The minimum Gasteiger partial charge on any atom is -0.494 e. The fourth-order valence-corrected chi connectivity index (χ4v) is 2.93. The first kappa shape index (κ1) is 23.3. The third-order valence-corrected chi connectivity index (χ3v) is 4.34. The first-order chi connectivity index (χ1) is 14.6. The number of aliphatic hydroxyl groups excluding tert-OH is 1. The number of aliphatic hydroxyl groups is 1. The number of guanidine groups is 1. The van der Waals surface area contributed by atoms with Crippen LogP contribution in [0.25, 0.3) is 0 Å². The van der Waals surface area contributed by atoms with Crippen LogP contribution in [0.5, 0.6) is 17.2 Å². The van der Waals surface area contributed by atoms with Gasteiger partial charge >= 0.3 is 0 Å². The van der Waals surface area contributed by atoms with E-state index in [1.165, 1.54) is 5.56 Å². The van der Waals surface area contributed by atoms with E-state index < -0.39 is 0 Å². The third-order valence-electron chi connectivity index (χ3n) is 4.34. The van der Waals surface area contributed by atoms with E-state index in [2.05, 4.69) is 29.3 Å². The molecular weight excluding hydrogens is 382 g/mol. The molecule has 0 saturated carbocycles. The van der Waals surface area contributed by atoms with Crippen LogP contribution in [0.3, 0.4) is 0 Å². The summed E-state index contributed by atoms with van der Waals surface area (Å²) in [5.74, 6) is 2.94. The van der Waals surface area contributed by atoms with Gasteiger partial charge in [-0.1, -0.05) is 18.2 Å². The van der Waals surface area contributed by atoms with Crippen molar-refractivity contribution < 1.29 is 19.3 Å². The molecule has 164 valence electrons. The van der Waals surface area contributed by atoms with Crippen molar-refractivity contribution >= 4 is 5.96 Å². The van der Waals surface area contributed by atoms with Gasteiger partial charge in [0, 0.05) is 20.1 Å². The van der Waals surface area contributed by atoms with Crippen LogP contribution < -0.4 is 19.5 Å². The number of nitrogens with zero attached hydrogens (tertiary/aromatic N) is 2. The molecule has 0 spiro atoms. The summed E-state index contributed by atoms with van der Waals surface area (Å²) in [6.45, 7) is 6.90. The van der Waals surface area contributed by atoms with E-state index in [9.17, 15) is 0 Å². The summed E-state index contributed by atoms with van der Waals surface area (Å²) in [6.07, 6.45) is 0. The molecule has 0 saturated heterocycles. The van der Waals surface area contributed by atoms with Crippen molar-refractivity contribution in [2.45, 2.75) is 26.9 Å². The van der Waals surface area contributed by atoms with Crippen molar-refractivity contribution in [1.29, 1.82) is 0 Å². The van der Waals surface area contributed by atoms with Crippen molar-refractivity contribution in [3.63, 3.8) is 0 Å². The Hall–Kier alpha value is -2.93. The average molecular weight is 416 g/mol. The first-order valence-corrected chi connectivity index (χ1v) is 10.2. The Morgan fingerprint density at radius 2 is 1.77 bits per heavy atom. The van der Waals surface area contributed by atoms with Gasteiger partial charge in [0.2, 0.25) is 0 Å². The molecule has 0 atom stereocenters. The highest BCUT2D eigenvalue weighted by atomic mass is 16.5. The van der Waals surface area contributed by atoms with Gasteiger partial charge in [-0.25, -0.2) is 4.99 Å². The van der Waals surface area contributed by atoms with E-state index in [1.54, 1.807) is 7.11 Å². The van der Waals surface area contributed by atoms with Crippen molar-refractivity contribution in [3.05, 3.63) is 53.6 Å². The normalized spacial score (nSPS) is 11.2. The van der Waals surface area contributed by atoms with Crippen LogP contribution in [-0.2, 0) is 13.1 Å². The van der Waals surface area contributed by atoms with E-state index in [0.29, 0.717) is 24.7 Å². The number of hydrogen-bond acceptors (Lipinski definition) is 5. The standard InChI is InChI=1S/C23H33N3O4/c1-5-24-23(26(3)17-18-7-10-20(11-8-18)29-6-2)25-16-19-9-12-21(30-14-13-27)22(15-19)28-4/h7-12,15,27H,5-6,13-14,16-17H2,1-4H3,(H,24,25). The monoisotopic (exact) mass is 415 g/mol. The SMILES string of the molecule is CCNC(=NCc1ccc(OCCO)c(OC)c1)N(C)Cc1ccc(OCC)cc1. The Morgan fingerprint density at radius 1 is 1.03 bits per heavy atom. The minimum atomic E-state index is -0.0397. The van der Waals surface area contributed by atoms with Crippen molar-refractivity contribution in [2.75, 3.05) is 40.5 Å². The highest BCUT2D eigenvalue weighted by Gasteiger charge is 2.09. The largest absolute Gasteiger partial charge is 0.494 e. The van der Waals surface area contributed by atoms with Crippen molar-refractivity contribution in [2.24, 2.45) is 4.99 Å². The van der Waals surface area contributed by atoms with Gasteiger partial charge in [0.1, 0.15) is 12.4 Å². The molecule has 30 heavy (non-hydrogen) atoms. The number of rotatable bonds is 11. The van der Waals surface area contributed by atoms with Crippen LogP contribution in [-0.4, -0.2) is 56.5 Å². The molecule has 0 radical (unpaired) electrons. The minimum absolute atomic E-state index is 0.0397. The van der Waals surface area contributed by atoms with Crippen LogP contribution >= 0.6 is 0 Å². The fourth-order valence-electron chi connectivity index (χ4n) is 2.93. The zero-order valence-electron chi connectivity index (χ0n) is 18.4. The Morgan fingerprint density at radius 3 is 2.40 bits per heavy atom. The smallest absolute Gasteiger partial charge is 0.194 e. The van der Waals surface area contributed by atoms with Crippen LogP contribution in [0.2, 0.25) is 0 Å². The number of ether oxygens (including phenoxy) is 3. The maximum absolute atomic E-state index is 8.94. The first-order valence-electron chi connectivity index (χ1n) is 10.2. The van der Waals surface area contributed by atoms with E-state index in [0.717, 1.165) is 30.4 Å². The molecule has 0 aliphatic heterocycles. The van der Waals surface area contributed by atoms with Gasteiger partial charge in [-0.3, -0.25) is 0 Å². The van der Waals surface area contributed by atoms with Crippen LogP contribution in [0.4, 0.5) is 0 Å². The average Bonchev–Trinajstić information content (AvgIpc) is 2.76. The quantitative estimate of drug-likeness (QED) is 0.434. The predicted molar refractivity (Wildman–Crippen MR) is 119 cm³/mol. The number of nitrogens with one attached hydrogen (secondary N) is 1. The highest BCUT2D eigenvalue weighted by molar-refractivity contribution is 5.79. The summed E-state index contributed by atoms with van der Waals surface area (Å²) in [5, 5.41) is 12.3. The lowest BCUT2D eigenvalue weighted by Crippen LogP contribution is -2.38. The number of benzene rings is 2. The fraction of sp³-hybridized carbons (Fsp3) is 0.435. The summed E-state index contributed by atoms with van der Waals surface area (Å²) in [7, 11) is 3.62. The topological polar surface area (TPSA) is 75.6 Å². The molecule has 0 bridgehead atoms. The van der Waals surface area contributed by atoms with E-state index in [1.807, 2.05) is 44.3 Å². The van der Waals surface area contributed by atoms with Gasteiger partial charge in [-0.15, -0.1) is 0 Å². The lowest BCUT2D eigenvalue weighted by atomic mass is 10.2. The van der Waals surface area contributed by atoms with Gasteiger partial charge in [0.05, 0.1) is 26.9 Å². The number of methoxy groups -OCH3 is 1. The van der Waals surface area contributed by atoms with E-state index in [4.69, 9.17) is 24.3 Å². The zero-order chi connectivity index (χ0) is 21.8. The molecule has 0 amide bonds. The summed E-state index contributed by atoms with van der Waals surface area (Å²) < 4.78 is 16.4. The lowest BCUT2D eigenvalue weighted by Gasteiger charge is -2.22. The molecule has 0 unspecified atom stereocenters.